The molecular weight excluding hydrogens is 258 g/mol. The Kier molecular flexibility index (Phi) is 4.19. The Bertz CT molecular complexity index is 659. The van der Waals surface area contributed by atoms with Crippen molar-refractivity contribution in [1.82, 2.24) is 14.3 Å². The average molecular weight is 275 g/mol. The second kappa shape index (κ2) is 6.05. The van der Waals surface area contributed by atoms with Gasteiger partial charge in [-0.1, -0.05) is 6.07 Å². The molecule has 0 aliphatic heterocycles. The van der Waals surface area contributed by atoms with E-state index in [1.54, 1.807) is 31.3 Å². The molecule has 7 heteroatoms. The van der Waals surface area contributed by atoms with Gasteiger partial charge in [0.15, 0.2) is 0 Å². The highest BCUT2D eigenvalue weighted by Gasteiger charge is 2.05. The number of nitrogens with zero attached hydrogens (tertiary/aromatic N) is 3. The summed E-state index contributed by atoms with van der Waals surface area (Å²) in [4.78, 5) is 23.3. The normalized spacial score (nSPS) is 10.4. The molecule has 0 saturated carbocycles. The van der Waals surface area contributed by atoms with Crippen LogP contribution in [0.3, 0.4) is 0 Å². The molecular formula is C13H17N5O2. The lowest BCUT2D eigenvalue weighted by atomic mass is 10.2. The van der Waals surface area contributed by atoms with Crippen LogP contribution in [0.4, 0.5) is 11.4 Å². The van der Waals surface area contributed by atoms with Gasteiger partial charge < -0.3 is 11.1 Å². The minimum atomic E-state index is -0.179. The molecule has 7 nitrogen and oxygen atoms in total. The Morgan fingerprint density at radius 2 is 2.25 bits per heavy atom. The van der Waals surface area contributed by atoms with E-state index >= 15 is 0 Å². The third kappa shape index (κ3) is 3.47. The van der Waals surface area contributed by atoms with E-state index in [0.29, 0.717) is 30.8 Å². The van der Waals surface area contributed by atoms with Gasteiger partial charge in [0.25, 0.3) is 0 Å². The summed E-state index contributed by atoms with van der Waals surface area (Å²) in [5, 5.41) is 6.68. The van der Waals surface area contributed by atoms with Crippen molar-refractivity contribution in [3.8, 4) is 0 Å². The number of nitrogens with one attached hydrogen (secondary N) is 1. The first kappa shape index (κ1) is 13.9. The van der Waals surface area contributed by atoms with Crippen LogP contribution in [0, 0.1) is 0 Å². The number of nitrogens with two attached hydrogens (primary N) is 1. The number of rotatable bonds is 5. The predicted molar refractivity (Wildman–Crippen MR) is 76.2 cm³/mol. The second-order valence-corrected chi connectivity index (χ2v) is 4.52. The third-order valence-corrected chi connectivity index (χ3v) is 2.83. The van der Waals surface area contributed by atoms with E-state index in [2.05, 4.69) is 10.4 Å². The number of nitrogen functional groups attached to an aromatic ring is 1. The fourth-order valence-corrected chi connectivity index (χ4v) is 1.80. The average Bonchev–Trinajstić information content (AvgIpc) is 2.71. The summed E-state index contributed by atoms with van der Waals surface area (Å²) < 4.78 is 2.74. The maximum Gasteiger partial charge on any atom is 0.345 e. The Morgan fingerprint density at radius 3 is 2.90 bits per heavy atom. The van der Waals surface area contributed by atoms with E-state index in [0.717, 1.165) is 0 Å². The zero-order valence-electron chi connectivity index (χ0n) is 11.2. The third-order valence-electron chi connectivity index (χ3n) is 2.83. The molecule has 20 heavy (non-hydrogen) atoms. The molecule has 2 aromatic rings. The van der Waals surface area contributed by atoms with Crippen molar-refractivity contribution in [3.63, 3.8) is 0 Å². The lowest BCUT2D eigenvalue weighted by molar-refractivity contribution is -0.116. The van der Waals surface area contributed by atoms with E-state index < -0.39 is 0 Å². The van der Waals surface area contributed by atoms with Crippen molar-refractivity contribution in [2.24, 2.45) is 7.05 Å². The molecule has 0 aliphatic carbocycles. The summed E-state index contributed by atoms with van der Waals surface area (Å²) in [7, 11) is 1.64. The largest absolute Gasteiger partial charge is 0.399 e. The standard InChI is InChI=1S/C13H17N5O2/c1-17-9-15-18(13(17)20)7-3-6-12(19)16-11-5-2-4-10(14)8-11/h2,4-5,8-9H,3,6-7,14H2,1H3,(H,16,19). The van der Waals surface area contributed by atoms with Crippen LogP contribution < -0.4 is 16.7 Å². The summed E-state index contributed by atoms with van der Waals surface area (Å²) in [6, 6.07) is 7.00. The van der Waals surface area contributed by atoms with Gasteiger partial charge in [-0.05, 0) is 24.6 Å². The van der Waals surface area contributed by atoms with Gasteiger partial charge >= 0.3 is 5.69 Å². The number of aryl methyl sites for hydroxylation is 2. The van der Waals surface area contributed by atoms with Crippen molar-refractivity contribution < 1.29 is 4.79 Å². The minimum absolute atomic E-state index is 0.111. The summed E-state index contributed by atoms with van der Waals surface area (Å²) >= 11 is 0. The van der Waals surface area contributed by atoms with E-state index in [1.807, 2.05) is 0 Å². The van der Waals surface area contributed by atoms with E-state index in [4.69, 9.17) is 5.73 Å². The first-order chi connectivity index (χ1) is 9.56. The molecule has 1 aromatic carbocycles. The van der Waals surface area contributed by atoms with Gasteiger partial charge in [-0.15, -0.1) is 0 Å². The predicted octanol–water partition coefficient (Wildman–Crippen LogP) is 0.583. The first-order valence-corrected chi connectivity index (χ1v) is 6.30. The molecule has 106 valence electrons. The Labute approximate surface area is 116 Å². The number of carbonyl (C=O) groups excluding carboxylic acids is 1. The van der Waals surface area contributed by atoms with Crippen LogP contribution in [0.2, 0.25) is 0 Å². The molecule has 0 bridgehead atoms. The second-order valence-electron chi connectivity index (χ2n) is 4.52. The van der Waals surface area contributed by atoms with E-state index in [-0.39, 0.29) is 11.6 Å². The van der Waals surface area contributed by atoms with Crippen LogP contribution >= 0.6 is 0 Å². The topological polar surface area (TPSA) is 94.9 Å². The van der Waals surface area contributed by atoms with Gasteiger partial charge in [-0.3, -0.25) is 9.36 Å². The van der Waals surface area contributed by atoms with Gasteiger partial charge in [0.2, 0.25) is 5.91 Å². The van der Waals surface area contributed by atoms with Gasteiger partial charge in [0, 0.05) is 31.4 Å². The van der Waals surface area contributed by atoms with Gasteiger partial charge in [-0.25, -0.2) is 9.48 Å². The quantitative estimate of drug-likeness (QED) is 0.780. The Hall–Kier alpha value is -2.57. The molecule has 0 saturated heterocycles. The van der Waals surface area contributed by atoms with Crippen molar-refractivity contribution in [3.05, 3.63) is 41.1 Å². The van der Waals surface area contributed by atoms with Crippen LogP contribution in [0.5, 0.6) is 0 Å². The molecule has 2 rings (SSSR count). The summed E-state index contributed by atoms with van der Waals surface area (Å²) in [5.41, 5.74) is 6.72. The summed E-state index contributed by atoms with van der Waals surface area (Å²) in [6.07, 6.45) is 2.32. The number of amides is 1. The number of anilines is 2. The van der Waals surface area contributed by atoms with Gasteiger partial charge in [0.1, 0.15) is 6.33 Å². The van der Waals surface area contributed by atoms with Crippen LogP contribution in [-0.4, -0.2) is 20.3 Å². The Morgan fingerprint density at radius 1 is 1.45 bits per heavy atom. The molecule has 3 N–H and O–H groups in total. The monoisotopic (exact) mass is 275 g/mol. The number of carbonyl (C=O) groups is 1. The fraction of sp³-hybridized carbons (Fsp3) is 0.308. The van der Waals surface area contributed by atoms with Crippen LogP contribution in [-0.2, 0) is 18.4 Å². The van der Waals surface area contributed by atoms with Gasteiger partial charge in [0.05, 0.1) is 0 Å². The highest BCUT2D eigenvalue weighted by atomic mass is 16.2. The van der Waals surface area contributed by atoms with Gasteiger partial charge in [-0.2, -0.15) is 5.10 Å². The van der Waals surface area contributed by atoms with Crippen LogP contribution in [0.1, 0.15) is 12.8 Å². The van der Waals surface area contributed by atoms with Crippen molar-refractivity contribution in [1.29, 1.82) is 0 Å². The highest BCUT2D eigenvalue weighted by Crippen LogP contribution is 2.12. The number of aromatic nitrogens is 3. The van der Waals surface area contributed by atoms with E-state index in [1.165, 1.54) is 15.6 Å². The molecule has 0 aliphatic rings. The molecule has 1 heterocycles. The molecule has 0 unspecified atom stereocenters. The fourth-order valence-electron chi connectivity index (χ4n) is 1.80. The zero-order valence-corrected chi connectivity index (χ0v) is 11.2. The Balaban J connectivity index is 1.81. The van der Waals surface area contributed by atoms with Crippen molar-refractivity contribution in [2.45, 2.75) is 19.4 Å². The molecule has 0 spiro atoms. The lowest BCUT2D eigenvalue weighted by Crippen LogP contribution is -2.23. The number of benzene rings is 1. The molecule has 1 aromatic heterocycles. The maximum absolute atomic E-state index is 11.7. The number of hydrogen-bond acceptors (Lipinski definition) is 4. The highest BCUT2D eigenvalue weighted by molar-refractivity contribution is 5.91. The molecule has 0 radical (unpaired) electrons. The maximum atomic E-state index is 11.7. The SMILES string of the molecule is Cn1cnn(CCCC(=O)Nc2cccc(N)c2)c1=O. The summed E-state index contributed by atoms with van der Waals surface area (Å²) in [6.45, 7) is 0.421. The first-order valence-electron chi connectivity index (χ1n) is 6.30. The van der Waals surface area contributed by atoms with Crippen LogP contribution in [0.25, 0.3) is 0 Å². The van der Waals surface area contributed by atoms with E-state index in [9.17, 15) is 9.59 Å². The van der Waals surface area contributed by atoms with Crippen molar-refractivity contribution >= 4 is 17.3 Å². The van der Waals surface area contributed by atoms with Crippen molar-refractivity contribution in [2.75, 3.05) is 11.1 Å². The molecule has 0 fully saturated rings. The smallest absolute Gasteiger partial charge is 0.345 e. The van der Waals surface area contributed by atoms with Crippen LogP contribution in [0.15, 0.2) is 35.4 Å². The lowest BCUT2D eigenvalue weighted by Gasteiger charge is -2.05. The minimum Gasteiger partial charge on any atom is -0.399 e. The molecule has 1 amide bonds. The zero-order chi connectivity index (χ0) is 14.5. The molecule has 0 atom stereocenters. The number of hydrogen-bond donors (Lipinski definition) is 2. The summed E-state index contributed by atoms with van der Waals surface area (Å²) in [5.74, 6) is -0.111.